The van der Waals surface area contributed by atoms with Crippen LogP contribution in [0.5, 0.6) is 5.75 Å². The van der Waals surface area contributed by atoms with E-state index in [2.05, 4.69) is 4.98 Å². The van der Waals surface area contributed by atoms with Crippen LogP contribution in [0.2, 0.25) is 0 Å². The Morgan fingerprint density at radius 3 is 2.93 bits per heavy atom. The van der Waals surface area contributed by atoms with Crippen LogP contribution in [-0.4, -0.2) is 12.1 Å². The number of ether oxygens (including phenoxy) is 1. The van der Waals surface area contributed by atoms with Gasteiger partial charge in [0.15, 0.2) is 0 Å². The second kappa shape index (κ2) is 4.19. The lowest BCUT2D eigenvalue weighted by atomic mass is 10.0. The van der Waals surface area contributed by atoms with E-state index in [-0.39, 0.29) is 0 Å². The third-order valence-corrected chi connectivity index (χ3v) is 2.43. The van der Waals surface area contributed by atoms with Crippen molar-refractivity contribution in [3.05, 3.63) is 42.2 Å². The van der Waals surface area contributed by atoms with E-state index in [0.29, 0.717) is 6.54 Å². The minimum absolute atomic E-state index is 0.538. The molecule has 1 heterocycles. The van der Waals surface area contributed by atoms with Gasteiger partial charge in [-0.2, -0.15) is 0 Å². The maximum Gasteiger partial charge on any atom is 0.119 e. The molecule has 2 rings (SSSR count). The number of hydrogen-bond acceptors (Lipinski definition) is 2. The lowest BCUT2D eigenvalue weighted by Gasteiger charge is -2.04. The van der Waals surface area contributed by atoms with Crippen molar-refractivity contribution in [1.82, 2.24) is 4.98 Å². The summed E-state index contributed by atoms with van der Waals surface area (Å²) in [5.41, 5.74) is 9.02. The van der Waals surface area contributed by atoms with Gasteiger partial charge in [-0.05, 0) is 23.3 Å². The molecule has 0 bridgehead atoms. The first kappa shape index (κ1) is 9.80. The highest BCUT2D eigenvalue weighted by Crippen LogP contribution is 2.26. The third kappa shape index (κ3) is 1.87. The first-order chi connectivity index (χ1) is 7.35. The molecule has 0 aliphatic heterocycles. The Morgan fingerprint density at radius 2 is 2.20 bits per heavy atom. The van der Waals surface area contributed by atoms with Crippen LogP contribution >= 0.6 is 0 Å². The fourth-order valence-electron chi connectivity index (χ4n) is 1.62. The van der Waals surface area contributed by atoms with Gasteiger partial charge >= 0.3 is 0 Å². The predicted octanol–water partition coefficient (Wildman–Crippen LogP) is 2.15. The smallest absolute Gasteiger partial charge is 0.119 e. The Bertz CT molecular complexity index is 448. The molecule has 3 nitrogen and oxygen atoms in total. The van der Waals surface area contributed by atoms with Crippen LogP contribution in [0.15, 0.2) is 36.7 Å². The Labute approximate surface area is 88.9 Å². The summed E-state index contributed by atoms with van der Waals surface area (Å²) in [7, 11) is 1.67. The minimum Gasteiger partial charge on any atom is -0.497 e. The van der Waals surface area contributed by atoms with Gasteiger partial charge in [0.05, 0.1) is 7.11 Å². The molecular formula is C12H14N2O. The largest absolute Gasteiger partial charge is 0.497 e. The number of nitrogens with one attached hydrogen (secondary N) is 1. The van der Waals surface area contributed by atoms with Crippen LogP contribution in [0.4, 0.5) is 0 Å². The Balaban J connectivity index is 2.44. The van der Waals surface area contributed by atoms with Gasteiger partial charge in [0.25, 0.3) is 0 Å². The number of hydrogen-bond donors (Lipinski definition) is 2. The molecule has 0 radical (unpaired) electrons. The summed E-state index contributed by atoms with van der Waals surface area (Å²) in [6, 6.07) is 7.95. The molecule has 2 aromatic rings. The van der Waals surface area contributed by atoms with Crippen LogP contribution in [0, 0.1) is 0 Å². The van der Waals surface area contributed by atoms with Crippen LogP contribution in [0.25, 0.3) is 11.1 Å². The van der Waals surface area contributed by atoms with Crippen molar-refractivity contribution in [1.29, 1.82) is 0 Å². The van der Waals surface area contributed by atoms with E-state index >= 15 is 0 Å². The highest BCUT2D eigenvalue weighted by Gasteiger charge is 2.05. The monoisotopic (exact) mass is 202 g/mol. The van der Waals surface area contributed by atoms with Crippen molar-refractivity contribution in [3.63, 3.8) is 0 Å². The fourth-order valence-corrected chi connectivity index (χ4v) is 1.62. The second-order valence-corrected chi connectivity index (χ2v) is 3.33. The van der Waals surface area contributed by atoms with Crippen molar-refractivity contribution < 1.29 is 4.74 Å². The number of H-pyrrole nitrogens is 1. The summed E-state index contributed by atoms with van der Waals surface area (Å²) >= 11 is 0. The van der Waals surface area contributed by atoms with Gasteiger partial charge in [0, 0.05) is 24.5 Å². The second-order valence-electron chi connectivity index (χ2n) is 3.33. The predicted molar refractivity (Wildman–Crippen MR) is 60.7 cm³/mol. The zero-order valence-corrected chi connectivity index (χ0v) is 8.66. The number of nitrogens with two attached hydrogens (primary N) is 1. The normalized spacial score (nSPS) is 10.3. The standard InChI is InChI=1S/C12H14N2O/c1-15-11-4-2-3-9(5-11)12-8-14-7-10(12)6-13/h2-5,7-8,14H,6,13H2,1H3. The van der Waals surface area contributed by atoms with Gasteiger partial charge in [0.2, 0.25) is 0 Å². The van der Waals surface area contributed by atoms with Crippen molar-refractivity contribution in [2.75, 3.05) is 7.11 Å². The van der Waals surface area contributed by atoms with Crippen LogP contribution in [0.3, 0.4) is 0 Å². The molecule has 0 amide bonds. The van der Waals surface area contributed by atoms with Gasteiger partial charge in [-0.1, -0.05) is 12.1 Å². The van der Waals surface area contributed by atoms with E-state index in [1.165, 1.54) is 0 Å². The average Bonchev–Trinajstić information content (AvgIpc) is 2.77. The van der Waals surface area contributed by atoms with E-state index in [9.17, 15) is 0 Å². The lowest BCUT2D eigenvalue weighted by Crippen LogP contribution is -1.96. The van der Waals surface area contributed by atoms with E-state index in [4.69, 9.17) is 10.5 Å². The zero-order valence-electron chi connectivity index (χ0n) is 8.66. The number of rotatable bonds is 3. The van der Waals surface area contributed by atoms with Gasteiger partial charge in [-0.15, -0.1) is 0 Å². The molecule has 0 saturated carbocycles. The summed E-state index contributed by atoms with van der Waals surface area (Å²) in [4.78, 5) is 3.06. The average molecular weight is 202 g/mol. The fraction of sp³-hybridized carbons (Fsp3) is 0.167. The molecule has 0 aliphatic carbocycles. The molecule has 0 fully saturated rings. The number of benzene rings is 1. The Kier molecular flexibility index (Phi) is 2.74. The van der Waals surface area contributed by atoms with E-state index in [1.807, 2.05) is 36.7 Å². The first-order valence-electron chi connectivity index (χ1n) is 4.85. The van der Waals surface area contributed by atoms with Gasteiger partial charge in [-0.25, -0.2) is 0 Å². The topological polar surface area (TPSA) is 51.0 Å². The maximum atomic E-state index is 5.65. The molecule has 1 aromatic heterocycles. The zero-order chi connectivity index (χ0) is 10.7. The molecule has 0 spiro atoms. The van der Waals surface area contributed by atoms with Gasteiger partial charge in [-0.3, -0.25) is 0 Å². The highest BCUT2D eigenvalue weighted by molar-refractivity contribution is 5.68. The molecule has 0 atom stereocenters. The molecule has 78 valence electrons. The summed E-state index contributed by atoms with van der Waals surface area (Å²) in [6.45, 7) is 0.538. The van der Waals surface area contributed by atoms with E-state index < -0.39 is 0 Å². The Morgan fingerprint density at radius 1 is 1.33 bits per heavy atom. The molecule has 0 saturated heterocycles. The highest BCUT2D eigenvalue weighted by atomic mass is 16.5. The van der Waals surface area contributed by atoms with Gasteiger partial charge < -0.3 is 15.5 Å². The Hall–Kier alpha value is -1.74. The van der Waals surface area contributed by atoms with Crippen LogP contribution < -0.4 is 10.5 Å². The quantitative estimate of drug-likeness (QED) is 0.801. The number of methoxy groups -OCH3 is 1. The molecular weight excluding hydrogens is 188 g/mol. The van der Waals surface area contributed by atoms with Crippen LogP contribution in [0.1, 0.15) is 5.56 Å². The lowest BCUT2D eigenvalue weighted by molar-refractivity contribution is 0.415. The van der Waals surface area contributed by atoms with E-state index in [1.54, 1.807) is 7.11 Å². The van der Waals surface area contributed by atoms with Crippen molar-refractivity contribution >= 4 is 0 Å². The molecule has 3 heteroatoms. The molecule has 1 aromatic carbocycles. The maximum absolute atomic E-state index is 5.65. The first-order valence-corrected chi connectivity index (χ1v) is 4.85. The summed E-state index contributed by atoms with van der Waals surface area (Å²) in [5.74, 6) is 0.858. The summed E-state index contributed by atoms with van der Waals surface area (Å²) in [6.07, 6.45) is 3.88. The summed E-state index contributed by atoms with van der Waals surface area (Å²) in [5, 5.41) is 0. The molecule has 0 unspecified atom stereocenters. The molecule has 15 heavy (non-hydrogen) atoms. The molecule has 0 aliphatic rings. The van der Waals surface area contributed by atoms with Crippen molar-refractivity contribution in [2.45, 2.75) is 6.54 Å². The van der Waals surface area contributed by atoms with E-state index in [0.717, 1.165) is 22.4 Å². The van der Waals surface area contributed by atoms with Crippen molar-refractivity contribution in [3.8, 4) is 16.9 Å². The van der Waals surface area contributed by atoms with Crippen molar-refractivity contribution in [2.24, 2.45) is 5.73 Å². The summed E-state index contributed by atoms with van der Waals surface area (Å²) < 4.78 is 5.18. The molecule has 3 N–H and O–H groups in total. The third-order valence-electron chi connectivity index (χ3n) is 2.43. The van der Waals surface area contributed by atoms with Crippen LogP contribution in [-0.2, 0) is 6.54 Å². The number of aromatic nitrogens is 1. The van der Waals surface area contributed by atoms with Gasteiger partial charge in [0.1, 0.15) is 5.75 Å². The minimum atomic E-state index is 0.538. The number of aromatic amines is 1. The SMILES string of the molecule is COc1cccc(-c2c[nH]cc2CN)c1.